The molecule has 0 unspecified atom stereocenters. The lowest BCUT2D eigenvalue weighted by atomic mass is 10.2. The van der Waals surface area contributed by atoms with Gasteiger partial charge in [-0.1, -0.05) is 27.5 Å². The van der Waals surface area contributed by atoms with Gasteiger partial charge in [0, 0.05) is 15.6 Å². The van der Waals surface area contributed by atoms with Gasteiger partial charge in [0.2, 0.25) is 0 Å². The van der Waals surface area contributed by atoms with E-state index in [1.807, 2.05) is 0 Å². The van der Waals surface area contributed by atoms with Crippen LogP contribution in [0.1, 0.15) is 5.56 Å². The number of hydrogen-bond acceptors (Lipinski definition) is 0. The van der Waals surface area contributed by atoms with Crippen molar-refractivity contribution in [1.29, 1.82) is 0 Å². The molecule has 0 spiro atoms. The van der Waals surface area contributed by atoms with Crippen LogP contribution in [0.2, 0.25) is 0 Å². The Morgan fingerprint density at radius 1 is 1.50 bits per heavy atom. The zero-order chi connectivity index (χ0) is 9.14. The molecule has 0 fully saturated rings. The summed E-state index contributed by atoms with van der Waals surface area (Å²) in [6.45, 7) is 0. The molecule has 0 atom stereocenters. The molecular weight excluding hydrogens is 249 g/mol. The third kappa shape index (κ3) is 2.05. The topological polar surface area (TPSA) is 0 Å². The molecule has 0 aliphatic carbocycles. The number of rotatable bonds is 1. The van der Waals surface area contributed by atoms with Crippen molar-refractivity contribution in [3.05, 3.63) is 39.6 Å². The van der Waals surface area contributed by atoms with Gasteiger partial charge >= 0.3 is 0 Å². The van der Waals surface area contributed by atoms with Crippen LogP contribution < -0.4 is 0 Å². The summed E-state index contributed by atoms with van der Waals surface area (Å²) in [6, 6.07) is 4.03. The molecule has 0 N–H and O–H groups in total. The molecule has 12 heavy (non-hydrogen) atoms. The maximum absolute atomic E-state index is 12.9. The standard InChI is InChI=1S/C8H4BrClF2/c9-5-1-2-6(7(11)3-5)8(12)4-10/h1-4H/b8-4-. The zero-order valence-corrected chi connectivity index (χ0v) is 8.16. The van der Waals surface area contributed by atoms with Crippen LogP contribution in [-0.2, 0) is 0 Å². The molecule has 0 nitrogen and oxygen atoms in total. The third-order valence-corrected chi connectivity index (χ3v) is 1.97. The van der Waals surface area contributed by atoms with Crippen LogP contribution in [0.25, 0.3) is 5.83 Å². The SMILES string of the molecule is F/C(=C\Cl)c1ccc(Br)cc1F. The van der Waals surface area contributed by atoms with Crippen molar-refractivity contribution in [2.75, 3.05) is 0 Å². The van der Waals surface area contributed by atoms with E-state index in [0.29, 0.717) is 10.0 Å². The minimum absolute atomic E-state index is 0.131. The van der Waals surface area contributed by atoms with Gasteiger partial charge in [-0.3, -0.25) is 0 Å². The van der Waals surface area contributed by atoms with Crippen molar-refractivity contribution in [1.82, 2.24) is 0 Å². The zero-order valence-electron chi connectivity index (χ0n) is 5.82. The Morgan fingerprint density at radius 2 is 2.17 bits per heavy atom. The summed E-state index contributed by atoms with van der Waals surface area (Å²) in [6.07, 6.45) is 0. The Kier molecular flexibility index (Phi) is 3.23. The first-order valence-corrected chi connectivity index (χ1v) is 4.29. The largest absolute Gasteiger partial charge is 0.206 e. The molecular formula is C8H4BrClF2. The number of benzene rings is 1. The summed E-state index contributed by atoms with van der Waals surface area (Å²) in [7, 11) is 0. The van der Waals surface area contributed by atoms with E-state index in [1.54, 1.807) is 6.07 Å². The first-order chi connectivity index (χ1) is 5.65. The van der Waals surface area contributed by atoms with E-state index in [1.165, 1.54) is 12.1 Å². The summed E-state index contributed by atoms with van der Waals surface area (Å²) in [4.78, 5) is 0. The van der Waals surface area contributed by atoms with Gasteiger partial charge in [-0.2, -0.15) is 0 Å². The average Bonchev–Trinajstić information content (AvgIpc) is 2.03. The predicted octanol–water partition coefficient (Wildman–Crippen LogP) is 4.09. The molecule has 0 heterocycles. The monoisotopic (exact) mass is 252 g/mol. The highest BCUT2D eigenvalue weighted by molar-refractivity contribution is 9.10. The third-order valence-electron chi connectivity index (χ3n) is 1.28. The molecule has 1 rings (SSSR count). The minimum atomic E-state index is -0.776. The van der Waals surface area contributed by atoms with Crippen LogP contribution in [-0.4, -0.2) is 0 Å². The molecule has 0 saturated heterocycles. The van der Waals surface area contributed by atoms with E-state index < -0.39 is 11.6 Å². The molecule has 64 valence electrons. The summed E-state index contributed by atoms with van der Waals surface area (Å²) in [5.74, 6) is -1.42. The quantitative estimate of drug-likeness (QED) is 0.707. The van der Waals surface area contributed by atoms with Crippen LogP contribution >= 0.6 is 27.5 Å². The van der Waals surface area contributed by atoms with Crippen LogP contribution in [0, 0.1) is 5.82 Å². The lowest BCUT2D eigenvalue weighted by Crippen LogP contribution is -1.84. The van der Waals surface area contributed by atoms with Gasteiger partial charge in [-0.05, 0) is 18.2 Å². The molecule has 1 aromatic rings. The molecule has 1 aromatic carbocycles. The Hall–Kier alpha value is -0.410. The molecule has 4 heteroatoms. The number of halogens is 4. The van der Waals surface area contributed by atoms with Crippen LogP contribution in [0.3, 0.4) is 0 Å². The minimum Gasteiger partial charge on any atom is -0.206 e. The first-order valence-electron chi connectivity index (χ1n) is 3.06. The van der Waals surface area contributed by atoms with Gasteiger partial charge in [0.1, 0.15) is 11.6 Å². The van der Waals surface area contributed by atoms with Crippen LogP contribution in [0.15, 0.2) is 28.2 Å². The predicted molar refractivity (Wildman–Crippen MR) is 49.0 cm³/mol. The van der Waals surface area contributed by atoms with Crippen molar-refractivity contribution in [3.8, 4) is 0 Å². The van der Waals surface area contributed by atoms with Gasteiger partial charge in [0.05, 0.1) is 0 Å². The van der Waals surface area contributed by atoms with E-state index in [-0.39, 0.29) is 5.56 Å². The average molecular weight is 253 g/mol. The second-order valence-electron chi connectivity index (χ2n) is 2.08. The fraction of sp³-hybridized carbons (Fsp3) is 0. The molecule has 0 aromatic heterocycles. The fourth-order valence-electron chi connectivity index (χ4n) is 0.742. The summed E-state index contributed by atoms with van der Waals surface area (Å²) >= 11 is 8.14. The molecule has 0 amide bonds. The molecule has 0 bridgehead atoms. The Labute approximate surface area is 82.0 Å². The van der Waals surface area contributed by atoms with Gasteiger partial charge < -0.3 is 0 Å². The van der Waals surface area contributed by atoms with Crippen molar-refractivity contribution >= 4 is 33.4 Å². The van der Waals surface area contributed by atoms with Crippen molar-refractivity contribution in [3.63, 3.8) is 0 Å². The van der Waals surface area contributed by atoms with Gasteiger partial charge in [0.25, 0.3) is 0 Å². The van der Waals surface area contributed by atoms with E-state index in [9.17, 15) is 8.78 Å². The van der Waals surface area contributed by atoms with Crippen molar-refractivity contribution < 1.29 is 8.78 Å². The highest BCUT2D eigenvalue weighted by Crippen LogP contribution is 2.23. The normalized spacial score (nSPS) is 11.8. The Bertz CT molecular complexity index is 323. The smallest absolute Gasteiger partial charge is 0.144 e. The lowest BCUT2D eigenvalue weighted by molar-refractivity contribution is 0.614. The van der Waals surface area contributed by atoms with Crippen LogP contribution in [0.5, 0.6) is 0 Å². The maximum Gasteiger partial charge on any atom is 0.144 e. The highest BCUT2D eigenvalue weighted by atomic mass is 79.9. The lowest BCUT2D eigenvalue weighted by Gasteiger charge is -1.98. The van der Waals surface area contributed by atoms with Crippen LogP contribution in [0.4, 0.5) is 8.78 Å². The van der Waals surface area contributed by atoms with Crippen molar-refractivity contribution in [2.45, 2.75) is 0 Å². The van der Waals surface area contributed by atoms with Crippen molar-refractivity contribution in [2.24, 2.45) is 0 Å². The second-order valence-corrected chi connectivity index (χ2v) is 3.22. The highest BCUT2D eigenvalue weighted by Gasteiger charge is 2.06. The van der Waals surface area contributed by atoms with E-state index in [0.717, 1.165) is 0 Å². The Balaban J connectivity index is 3.18. The second kappa shape index (κ2) is 4.01. The van der Waals surface area contributed by atoms with E-state index in [4.69, 9.17) is 11.6 Å². The van der Waals surface area contributed by atoms with E-state index >= 15 is 0 Å². The van der Waals surface area contributed by atoms with E-state index in [2.05, 4.69) is 15.9 Å². The Morgan fingerprint density at radius 3 is 2.67 bits per heavy atom. The summed E-state index contributed by atoms with van der Waals surface area (Å²) in [5.41, 5.74) is 0.569. The fourth-order valence-corrected chi connectivity index (χ4v) is 1.19. The molecule has 0 radical (unpaired) electrons. The molecule has 0 aliphatic rings. The first kappa shape index (κ1) is 9.68. The van der Waals surface area contributed by atoms with Gasteiger partial charge in [-0.15, -0.1) is 0 Å². The van der Waals surface area contributed by atoms with Gasteiger partial charge in [-0.25, -0.2) is 8.78 Å². The summed E-state index contributed by atoms with van der Waals surface area (Å²) in [5, 5.41) is 0. The maximum atomic E-state index is 12.9. The molecule has 0 aliphatic heterocycles. The summed E-state index contributed by atoms with van der Waals surface area (Å²) < 4.78 is 26.2. The van der Waals surface area contributed by atoms with Gasteiger partial charge in [0.15, 0.2) is 0 Å². The number of hydrogen-bond donors (Lipinski definition) is 0. The molecule has 0 saturated carbocycles.